The van der Waals surface area contributed by atoms with E-state index in [1.54, 1.807) is 26.8 Å². The average molecular weight is 512 g/mol. The molecule has 1 unspecified atom stereocenters. The lowest BCUT2D eigenvalue weighted by molar-refractivity contribution is -0.137. The Hall–Kier alpha value is -3.74. The van der Waals surface area contributed by atoms with Gasteiger partial charge in [0.25, 0.3) is 17.8 Å². The molecule has 2 N–H and O–H groups in total. The van der Waals surface area contributed by atoms with Crippen LogP contribution in [-0.2, 0) is 10.9 Å². The van der Waals surface area contributed by atoms with Gasteiger partial charge in [0.1, 0.15) is 5.60 Å². The molecule has 2 aromatic heterocycles. The van der Waals surface area contributed by atoms with E-state index in [1.165, 1.54) is 24.0 Å². The molecule has 3 aromatic rings. The summed E-state index contributed by atoms with van der Waals surface area (Å²) in [5.41, 5.74) is -2.13. The zero-order valence-electron chi connectivity index (χ0n) is 19.0. The second-order valence-electron chi connectivity index (χ2n) is 8.30. The molecule has 2 amide bonds. The maximum Gasteiger partial charge on any atom is 0.416 e. The van der Waals surface area contributed by atoms with E-state index >= 15 is 0 Å². The van der Waals surface area contributed by atoms with Gasteiger partial charge in [0.05, 0.1) is 11.6 Å². The molecule has 3 rings (SSSR count). The fourth-order valence-electron chi connectivity index (χ4n) is 2.83. The Kier molecular flexibility index (Phi) is 7.29. The molecule has 14 heteroatoms. The molecule has 1 atom stereocenters. The van der Waals surface area contributed by atoms with Crippen molar-refractivity contribution in [3.8, 4) is 5.95 Å². The number of carbonyl (C=O) groups is 2. The minimum atomic E-state index is -4.68. The number of nitrogens with one attached hydrogen (secondary N) is 2. The van der Waals surface area contributed by atoms with Crippen molar-refractivity contribution in [3.63, 3.8) is 0 Å². The van der Waals surface area contributed by atoms with Gasteiger partial charge in [0.15, 0.2) is 5.82 Å². The van der Waals surface area contributed by atoms with Gasteiger partial charge in [-0.25, -0.2) is 14.8 Å². The smallest absolute Gasteiger partial charge is 0.416 e. The first kappa shape index (κ1) is 25.9. The second kappa shape index (κ2) is 9.86. The molecule has 35 heavy (non-hydrogen) atoms. The Morgan fingerprint density at radius 2 is 1.77 bits per heavy atom. The predicted octanol–water partition coefficient (Wildman–Crippen LogP) is 4.57. The number of alkyl halides is 3. The number of amides is 2. The molecule has 0 aliphatic carbocycles. The number of hydrogen-bond acceptors (Lipinski definition) is 7. The van der Waals surface area contributed by atoms with Gasteiger partial charge in [-0.15, -0.1) is 5.10 Å². The van der Waals surface area contributed by atoms with Crippen LogP contribution in [0, 0.1) is 0 Å². The number of carbonyl (C=O) groups excluding carboxylic acids is 2. The SMILES string of the molecule is CC(NC(=O)c1cc(Cl)cc(C(F)(F)F)c1)c1nc(NC(=O)OC(C)(C)C)nn1-c1ncccn1. The van der Waals surface area contributed by atoms with E-state index in [4.69, 9.17) is 16.3 Å². The van der Waals surface area contributed by atoms with Crippen LogP contribution in [-0.4, -0.2) is 42.3 Å². The van der Waals surface area contributed by atoms with Gasteiger partial charge in [-0.1, -0.05) is 11.6 Å². The largest absolute Gasteiger partial charge is 0.444 e. The maximum atomic E-state index is 13.1. The summed E-state index contributed by atoms with van der Waals surface area (Å²) >= 11 is 5.78. The van der Waals surface area contributed by atoms with E-state index in [1.807, 2.05) is 0 Å². The van der Waals surface area contributed by atoms with Gasteiger partial charge in [-0.05, 0) is 52.0 Å². The lowest BCUT2D eigenvalue weighted by Gasteiger charge is -2.18. The number of ether oxygens (including phenoxy) is 1. The minimum absolute atomic E-state index is 0.0791. The van der Waals surface area contributed by atoms with Crippen LogP contribution in [0.25, 0.3) is 5.95 Å². The van der Waals surface area contributed by atoms with Gasteiger partial charge < -0.3 is 10.1 Å². The molecule has 0 aliphatic heterocycles. The van der Waals surface area contributed by atoms with Crippen molar-refractivity contribution in [1.82, 2.24) is 30.0 Å². The number of anilines is 1. The lowest BCUT2D eigenvalue weighted by atomic mass is 10.1. The lowest BCUT2D eigenvalue weighted by Crippen LogP contribution is -2.29. The first-order valence-electron chi connectivity index (χ1n) is 10.2. The van der Waals surface area contributed by atoms with Crippen molar-refractivity contribution in [1.29, 1.82) is 0 Å². The van der Waals surface area contributed by atoms with Crippen LogP contribution in [0.3, 0.4) is 0 Å². The van der Waals surface area contributed by atoms with Gasteiger partial charge in [-0.2, -0.15) is 22.8 Å². The Morgan fingerprint density at radius 3 is 2.37 bits per heavy atom. The Labute approximate surface area is 202 Å². The summed E-state index contributed by atoms with van der Waals surface area (Å²) in [6, 6.07) is 3.19. The van der Waals surface area contributed by atoms with E-state index in [-0.39, 0.29) is 28.3 Å². The second-order valence-corrected chi connectivity index (χ2v) is 8.74. The van der Waals surface area contributed by atoms with Gasteiger partial charge in [0.2, 0.25) is 0 Å². The van der Waals surface area contributed by atoms with Crippen molar-refractivity contribution in [2.45, 2.75) is 45.5 Å². The van der Waals surface area contributed by atoms with Crippen LogP contribution >= 0.6 is 11.6 Å². The number of nitrogens with zero attached hydrogens (tertiary/aromatic N) is 5. The Bertz CT molecular complexity index is 1230. The first-order chi connectivity index (χ1) is 16.2. The highest BCUT2D eigenvalue weighted by atomic mass is 35.5. The summed E-state index contributed by atoms with van der Waals surface area (Å²) in [5.74, 6) is -0.829. The molecule has 0 radical (unpaired) electrons. The third kappa shape index (κ3) is 6.88. The summed E-state index contributed by atoms with van der Waals surface area (Å²) in [5, 5.41) is 8.84. The molecular formula is C21H21ClF3N7O3. The Morgan fingerprint density at radius 1 is 1.11 bits per heavy atom. The van der Waals surface area contributed by atoms with E-state index < -0.39 is 35.4 Å². The molecule has 10 nitrogen and oxygen atoms in total. The number of aromatic nitrogens is 5. The third-order valence-corrected chi connectivity index (χ3v) is 4.43. The number of halogens is 4. The highest BCUT2D eigenvalue weighted by Gasteiger charge is 2.32. The molecule has 0 aliphatic rings. The highest BCUT2D eigenvalue weighted by molar-refractivity contribution is 6.31. The molecule has 1 aromatic carbocycles. The topological polar surface area (TPSA) is 124 Å². The van der Waals surface area contributed by atoms with Crippen molar-refractivity contribution in [2.24, 2.45) is 0 Å². The quantitative estimate of drug-likeness (QED) is 0.514. The molecule has 0 spiro atoms. The van der Waals surface area contributed by atoms with Crippen LogP contribution in [0.4, 0.5) is 23.9 Å². The van der Waals surface area contributed by atoms with E-state index in [9.17, 15) is 22.8 Å². The normalized spacial score (nSPS) is 12.7. The average Bonchev–Trinajstić information content (AvgIpc) is 3.15. The van der Waals surface area contributed by atoms with Crippen molar-refractivity contribution in [3.05, 3.63) is 58.6 Å². The van der Waals surface area contributed by atoms with E-state index in [0.717, 1.165) is 12.1 Å². The molecule has 0 saturated carbocycles. The summed E-state index contributed by atoms with van der Waals surface area (Å²) in [7, 11) is 0. The van der Waals surface area contributed by atoms with Crippen molar-refractivity contribution < 1.29 is 27.5 Å². The van der Waals surface area contributed by atoms with Crippen molar-refractivity contribution in [2.75, 3.05) is 5.32 Å². The van der Waals surface area contributed by atoms with Crippen LogP contribution in [0.2, 0.25) is 5.02 Å². The fourth-order valence-corrected chi connectivity index (χ4v) is 3.06. The fraction of sp³-hybridized carbons (Fsp3) is 0.333. The van der Waals surface area contributed by atoms with Gasteiger partial charge >= 0.3 is 12.3 Å². The number of rotatable bonds is 5. The van der Waals surface area contributed by atoms with Gasteiger partial charge in [-0.3, -0.25) is 10.1 Å². The van der Waals surface area contributed by atoms with Crippen LogP contribution in [0.15, 0.2) is 36.7 Å². The van der Waals surface area contributed by atoms with Crippen molar-refractivity contribution >= 4 is 29.5 Å². The standard InChI is InChI=1S/C21H21ClF3N7O3/c1-11(28-16(33)12-8-13(21(23,24)25)10-14(22)9-12)15-29-17(30-19(34)35-20(2,3)4)31-32(15)18-26-6-5-7-27-18/h5-11H,1-4H3,(H,28,33)(H,30,31,34). The number of benzene rings is 1. The molecule has 186 valence electrons. The van der Waals surface area contributed by atoms with Crippen LogP contribution in [0.5, 0.6) is 0 Å². The summed E-state index contributed by atoms with van der Waals surface area (Å²) in [6.45, 7) is 6.56. The summed E-state index contributed by atoms with van der Waals surface area (Å²) < 4.78 is 45.7. The zero-order valence-corrected chi connectivity index (χ0v) is 19.8. The van der Waals surface area contributed by atoms with Crippen LogP contribution in [0.1, 0.15) is 55.5 Å². The predicted molar refractivity (Wildman–Crippen MR) is 119 cm³/mol. The summed E-state index contributed by atoms with van der Waals surface area (Å²) in [4.78, 5) is 37.2. The maximum absolute atomic E-state index is 13.1. The molecule has 2 heterocycles. The molecule has 0 saturated heterocycles. The first-order valence-corrected chi connectivity index (χ1v) is 10.5. The Balaban J connectivity index is 1.90. The van der Waals surface area contributed by atoms with Gasteiger partial charge in [0, 0.05) is 23.0 Å². The monoisotopic (exact) mass is 511 g/mol. The third-order valence-electron chi connectivity index (χ3n) is 4.21. The minimum Gasteiger partial charge on any atom is -0.444 e. The molecule has 0 fully saturated rings. The zero-order chi connectivity index (χ0) is 26.0. The van der Waals surface area contributed by atoms with E-state index in [2.05, 4.69) is 30.7 Å². The highest BCUT2D eigenvalue weighted by Crippen LogP contribution is 2.32. The van der Waals surface area contributed by atoms with Crippen LogP contribution < -0.4 is 10.6 Å². The number of hydrogen-bond donors (Lipinski definition) is 2. The van der Waals surface area contributed by atoms with E-state index in [0.29, 0.717) is 6.07 Å². The molecule has 0 bridgehead atoms. The molecular weight excluding hydrogens is 491 g/mol. The summed E-state index contributed by atoms with van der Waals surface area (Å²) in [6.07, 6.45) is -2.60.